The predicted molar refractivity (Wildman–Crippen MR) is 73.7 cm³/mol. The zero-order valence-electron chi connectivity index (χ0n) is 10.4. The Hall–Kier alpha value is -1.99. The molecule has 0 aliphatic carbocycles. The van der Waals surface area contributed by atoms with Crippen molar-refractivity contribution in [2.75, 3.05) is 7.11 Å². The number of nitriles is 1. The lowest BCUT2D eigenvalue weighted by Crippen LogP contribution is -1.88. The summed E-state index contributed by atoms with van der Waals surface area (Å²) in [6.45, 7) is 0. The normalized spacial score (nSPS) is 9.95. The van der Waals surface area contributed by atoms with E-state index in [-0.39, 0.29) is 5.56 Å². The van der Waals surface area contributed by atoms with E-state index in [2.05, 4.69) is 0 Å². The van der Waals surface area contributed by atoms with Crippen molar-refractivity contribution in [1.82, 2.24) is 0 Å². The van der Waals surface area contributed by atoms with Crippen molar-refractivity contribution in [3.63, 3.8) is 0 Å². The number of nitrogens with zero attached hydrogens (tertiary/aromatic N) is 1. The van der Waals surface area contributed by atoms with Gasteiger partial charge >= 0.3 is 0 Å². The Balaban J connectivity index is 2.04. The summed E-state index contributed by atoms with van der Waals surface area (Å²) < 4.78 is 18.3. The predicted octanol–water partition coefficient (Wildman–Crippen LogP) is 4.00. The summed E-state index contributed by atoms with van der Waals surface area (Å²) in [5.41, 5.74) is 1.02. The zero-order chi connectivity index (χ0) is 13.7. The lowest BCUT2D eigenvalue weighted by atomic mass is 10.1. The van der Waals surface area contributed by atoms with E-state index < -0.39 is 5.82 Å². The van der Waals surface area contributed by atoms with Gasteiger partial charge in [-0.1, -0.05) is 6.07 Å². The molecular formula is C15H12FNOS. The van der Waals surface area contributed by atoms with E-state index in [0.29, 0.717) is 5.75 Å². The Morgan fingerprint density at radius 3 is 2.58 bits per heavy atom. The number of ether oxygens (including phenoxy) is 1. The van der Waals surface area contributed by atoms with Gasteiger partial charge in [0.05, 0.1) is 12.7 Å². The van der Waals surface area contributed by atoms with Gasteiger partial charge in [-0.25, -0.2) is 4.39 Å². The van der Waals surface area contributed by atoms with Crippen molar-refractivity contribution in [2.45, 2.75) is 10.6 Å². The van der Waals surface area contributed by atoms with Crippen molar-refractivity contribution in [3.05, 3.63) is 59.4 Å². The first-order valence-electron chi connectivity index (χ1n) is 5.68. The molecule has 0 saturated heterocycles. The minimum Gasteiger partial charge on any atom is -0.497 e. The fourth-order valence-electron chi connectivity index (χ4n) is 1.59. The molecule has 2 rings (SSSR count). The number of hydrogen-bond donors (Lipinski definition) is 0. The Kier molecular flexibility index (Phi) is 4.43. The lowest BCUT2D eigenvalue weighted by Gasteiger charge is -2.04. The molecule has 0 spiro atoms. The van der Waals surface area contributed by atoms with Gasteiger partial charge in [0.15, 0.2) is 0 Å². The summed E-state index contributed by atoms with van der Waals surface area (Å²) in [6, 6.07) is 14.2. The first-order chi connectivity index (χ1) is 9.22. The first-order valence-corrected chi connectivity index (χ1v) is 6.67. The van der Waals surface area contributed by atoms with E-state index >= 15 is 0 Å². The average molecular weight is 273 g/mol. The zero-order valence-corrected chi connectivity index (χ0v) is 11.2. The molecule has 0 aliphatic heterocycles. The molecule has 0 heterocycles. The van der Waals surface area contributed by atoms with Crippen molar-refractivity contribution in [1.29, 1.82) is 5.26 Å². The lowest BCUT2D eigenvalue weighted by molar-refractivity contribution is 0.414. The summed E-state index contributed by atoms with van der Waals surface area (Å²) in [4.78, 5) is 1.10. The molecule has 19 heavy (non-hydrogen) atoms. The number of halogens is 1. The third kappa shape index (κ3) is 3.49. The van der Waals surface area contributed by atoms with E-state index in [9.17, 15) is 4.39 Å². The fraction of sp³-hybridized carbons (Fsp3) is 0.133. The van der Waals surface area contributed by atoms with Crippen LogP contribution >= 0.6 is 11.8 Å². The molecule has 4 heteroatoms. The standard InChI is InChI=1S/C15H12FNOS/c1-18-13-3-5-14(6-4-13)19-10-11-2-7-15(16)12(8-11)9-17/h2-8H,10H2,1H3. The second kappa shape index (κ2) is 6.26. The highest BCUT2D eigenvalue weighted by molar-refractivity contribution is 7.98. The number of methoxy groups -OCH3 is 1. The van der Waals surface area contributed by atoms with Gasteiger partial charge in [-0.15, -0.1) is 11.8 Å². The molecule has 0 N–H and O–H groups in total. The molecule has 0 aromatic heterocycles. The van der Waals surface area contributed by atoms with Crippen LogP contribution in [0.4, 0.5) is 4.39 Å². The van der Waals surface area contributed by atoms with E-state index in [1.54, 1.807) is 31.0 Å². The molecule has 2 aromatic rings. The maximum atomic E-state index is 13.2. The summed E-state index contributed by atoms with van der Waals surface area (Å²) in [6.07, 6.45) is 0. The van der Waals surface area contributed by atoms with Crippen LogP contribution in [0.15, 0.2) is 47.4 Å². The van der Waals surface area contributed by atoms with Gasteiger partial charge in [-0.05, 0) is 42.0 Å². The highest BCUT2D eigenvalue weighted by Crippen LogP contribution is 2.25. The van der Waals surface area contributed by atoms with Crippen LogP contribution in [-0.2, 0) is 5.75 Å². The van der Waals surface area contributed by atoms with Crippen molar-refractivity contribution in [3.8, 4) is 11.8 Å². The smallest absolute Gasteiger partial charge is 0.140 e. The average Bonchev–Trinajstić information content (AvgIpc) is 2.47. The molecule has 2 nitrogen and oxygen atoms in total. The number of rotatable bonds is 4. The van der Waals surface area contributed by atoms with Crippen LogP contribution in [0.2, 0.25) is 0 Å². The summed E-state index contributed by atoms with van der Waals surface area (Å²) >= 11 is 1.63. The molecule has 0 aliphatic rings. The second-order valence-corrected chi connectivity index (χ2v) is 4.94. The number of hydrogen-bond acceptors (Lipinski definition) is 3. The monoisotopic (exact) mass is 273 g/mol. The van der Waals surface area contributed by atoms with Crippen LogP contribution in [-0.4, -0.2) is 7.11 Å². The van der Waals surface area contributed by atoms with Crippen molar-refractivity contribution in [2.24, 2.45) is 0 Å². The summed E-state index contributed by atoms with van der Waals surface area (Å²) in [5, 5.41) is 8.78. The SMILES string of the molecule is COc1ccc(SCc2ccc(F)c(C#N)c2)cc1. The quantitative estimate of drug-likeness (QED) is 0.789. The van der Waals surface area contributed by atoms with Crippen LogP contribution in [0, 0.1) is 17.1 Å². The third-order valence-corrected chi connectivity index (χ3v) is 3.70. The molecule has 0 unspecified atom stereocenters. The van der Waals surface area contributed by atoms with E-state index in [1.807, 2.05) is 30.3 Å². The molecular weight excluding hydrogens is 261 g/mol. The van der Waals surface area contributed by atoms with E-state index in [0.717, 1.165) is 16.2 Å². The van der Waals surface area contributed by atoms with Gasteiger partial charge in [0.1, 0.15) is 17.6 Å². The van der Waals surface area contributed by atoms with Gasteiger partial charge in [-0.2, -0.15) is 5.26 Å². The fourth-order valence-corrected chi connectivity index (χ4v) is 2.43. The van der Waals surface area contributed by atoms with Crippen LogP contribution in [0.3, 0.4) is 0 Å². The van der Waals surface area contributed by atoms with Crippen LogP contribution in [0.25, 0.3) is 0 Å². The van der Waals surface area contributed by atoms with Crippen LogP contribution in [0.5, 0.6) is 5.75 Å². The molecule has 0 bridgehead atoms. The van der Waals surface area contributed by atoms with Crippen LogP contribution in [0.1, 0.15) is 11.1 Å². The van der Waals surface area contributed by atoms with Crippen molar-refractivity contribution >= 4 is 11.8 Å². The summed E-state index contributed by atoms with van der Waals surface area (Å²) in [7, 11) is 1.63. The first kappa shape index (κ1) is 13.4. The second-order valence-electron chi connectivity index (χ2n) is 3.89. The molecule has 0 amide bonds. The Morgan fingerprint density at radius 1 is 1.21 bits per heavy atom. The molecule has 96 valence electrons. The summed E-state index contributed by atoms with van der Waals surface area (Å²) in [5.74, 6) is 1.04. The van der Waals surface area contributed by atoms with E-state index in [4.69, 9.17) is 10.00 Å². The molecule has 2 aromatic carbocycles. The van der Waals surface area contributed by atoms with Crippen LogP contribution < -0.4 is 4.74 Å². The number of benzene rings is 2. The van der Waals surface area contributed by atoms with Gasteiger partial charge in [-0.3, -0.25) is 0 Å². The largest absolute Gasteiger partial charge is 0.497 e. The highest BCUT2D eigenvalue weighted by atomic mass is 32.2. The molecule has 0 saturated carbocycles. The van der Waals surface area contributed by atoms with Gasteiger partial charge in [0.25, 0.3) is 0 Å². The van der Waals surface area contributed by atoms with Gasteiger partial charge < -0.3 is 4.74 Å². The van der Waals surface area contributed by atoms with Gasteiger partial charge in [0.2, 0.25) is 0 Å². The Labute approximate surface area is 115 Å². The highest BCUT2D eigenvalue weighted by Gasteiger charge is 2.03. The Morgan fingerprint density at radius 2 is 1.95 bits per heavy atom. The van der Waals surface area contributed by atoms with Crippen molar-refractivity contribution < 1.29 is 9.13 Å². The topological polar surface area (TPSA) is 33.0 Å². The molecule has 0 radical (unpaired) electrons. The van der Waals surface area contributed by atoms with Gasteiger partial charge in [0, 0.05) is 10.6 Å². The Bertz CT molecular complexity index is 605. The number of thioether (sulfide) groups is 1. The minimum absolute atomic E-state index is 0.0906. The molecule has 0 atom stereocenters. The minimum atomic E-state index is -0.472. The van der Waals surface area contributed by atoms with E-state index in [1.165, 1.54) is 6.07 Å². The maximum Gasteiger partial charge on any atom is 0.140 e. The maximum absolute atomic E-state index is 13.2. The third-order valence-electron chi connectivity index (χ3n) is 2.62. The molecule has 0 fully saturated rings.